The van der Waals surface area contributed by atoms with Gasteiger partial charge in [-0.1, -0.05) is 50.1 Å². The zero-order chi connectivity index (χ0) is 15.4. The van der Waals surface area contributed by atoms with Crippen molar-refractivity contribution in [3.8, 4) is 5.75 Å². The van der Waals surface area contributed by atoms with Crippen molar-refractivity contribution < 1.29 is 14.6 Å². The highest BCUT2D eigenvalue weighted by Gasteiger charge is 2.24. The van der Waals surface area contributed by atoms with Crippen LogP contribution in [-0.2, 0) is 11.2 Å². The van der Waals surface area contributed by atoms with Crippen LogP contribution in [0, 0.1) is 0 Å². The van der Waals surface area contributed by atoms with E-state index >= 15 is 0 Å². The van der Waals surface area contributed by atoms with Crippen molar-refractivity contribution in [1.82, 2.24) is 0 Å². The number of carboxylic acids is 1. The molecule has 0 fully saturated rings. The third-order valence-corrected chi connectivity index (χ3v) is 4.46. The molecule has 2 aromatic carbocycles. The summed E-state index contributed by atoms with van der Waals surface area (Å²) in [7, 11) is 1.58. The predicted octanol–water partition coefficient (Wildman–Crippen LogP) is 4.63. The van der Waals surface area contributed by atoms with Crippen molar-refractivity contribution in [3.05, 3.63) is 62.5 Å². The minimum absolute atomic E-state index is 0.362. The topological polar surface area (TPSA) is 46.5 Å². The standard InChI is InChI=1S/C16H14Br2O3/c1-21-15-7-6-11(17)8-10(15)9-13(16(19)20)12-4-2-3-5-14(12)18/h2-8,13H,9H2,1H3,(H,19,20). The molecule has 0 radical (unpaired) electrons. The van der Waals surface area contributed by atoms with Crippen LogP contribution < -0.4 is 4.74 Å². The minimum atomic E-state index is -0.857. The molecular weight excluding hydrogens is 400 g/mol. The number of aliphatic carboxylic acids is 1. The number of hydrogen-bond donors (Lipinski definition) is 1. The van der Waals surface area contributed by atoms with E-state index in [-0.39, 0.29) is 0 Å². The number of halogens is 2. The molecule has 0 spiro atoms. The first kappa shape index (κ1) is 16.0. The van der Waals surface area contributed by atoms with Crippen LogP contribution in [0.1, 0.15) is 17.0 Å². The number of carboxylic acid groups (broad SMARTS) is 1. The van der Waals surface area contributed by atoms with Crippen LogP contribution in [0.25, 0.3) is 0 Å². The summed E-state index contributed by atoms with van der Waals surface area (Å²) in [5.41, 5.74) is 1.61. The first-order valence-electron chi connectivity index (χ1n) is 6.32. The van der Waals surface area contributed by atoms with E-state index in [1.54, 1.807) is 7.11 Å². The Morgan fingerprint density at radius 1 is 1.24 bits per heavy atom. The fourth-order valence-electron chi connectivity index (χ4n) is 2.21. The monoisotopic (exact) mass is 412 g/mol. The summed E-state index contributed by atoms with van der Waals surface area (Å²) in [5, 5.41) is 9.57. The normalized spacial score (nSPS) is 12.0. The van der Waals surface area contributed by atoms with Crippen LogP contribution in [0.2, 0.25) is 0 Å². The van der Waals surface area contributed by atoms with Crippen LogP contribution in [0.15, 0.2) is 51.4 Å². The van der Waals surface area contributed by atoms with Crippen LogP contribution >= 0.6 is 31.9 Å². The lowest BCUT2D eigenvalue weighted by molar-refractivity contribution is -0.138. The van der Waals surface area contributed by atoms with E-state index in [1.807, 2.05) is 42.5 Å². The van der Waals surface area contributed by atoms with E-state index in [4.69, 9.17) is 4.74 Å². The molecule has 21 heavy (non-hydrogen) atoms. The molecule has 1 atom stereocenters. The van der Waals surface area contributed by atoms with Gasteiger partial charge in [0.05, 0.1) is 13.0 Å². The molecule has 5 heteroatoms. The molecule has 0 amide bonds. The molecule has 0 heterocycles. The van der Waals surface area contributed by atoms with Gasteiger partial charge in [-0.3, -0.25) is 4.79 Å². The van der Waals surface area contributed by atoms with Crippen LogP contribution in [-0.4, -0.2) is 18.2 Å². The number of benzene rings is 2. The Morgan fingerprint density at radius 3 is 2.57 bits per heavy atom. The summed E-state index contributed by atoms with van der Waals surface area (Å²) >= 11 is 6.84. The first-order chi connectivity index (χ1) is 10.0. The third kappa shape index (κ3) is 3.86. The molecule has 0 bridgehead atoms. The van der Waals surface area contributed by atoms with E-state index < -0.39 is 11.9 Å². The molecule has 110 valence electrons. The first-order valence-corrected chi connectivity index (χ1v) is 7.91. The van der Waals surface area contributed by atoms with Gasteiger partial charge in [-0.25, -0.2) is 0 Å². The third-order valence-electron chi connectivity index (χ3n) is 3.25. The fourth-order valence-corrected chi connectivity index (χ4v) is 3.18. The van der Waals surface area contributed by atoms with Gasteiger partial charge >= 0.3 is 5.97 Å². The number of methoxy groups -OCH3 is 1. The summed E-state index contributed by atoms with van der Waals surface area (Å²) < 4.78 is 7.02. The van der Waals surface area contributed by atoms with Crippen LogP contribution in [0.3, 0.4) is 0 Å². The lowest BCUT2D eigenvalue weighted by atomic mass is 9.91. The summed E-state index contributed by atoms with van der Waals surface area (Å²) in [5.74, 6) is -0.802. The summed E-state index contributed by atoms with van der Waals surface area (Å²) in [4.78, 5) is 11.7. The van der Waals surface area contributed by atoms with Crippen LogP contribution in [0.5, 0.6) is 5.75 Å². The van der Waals surface area contributed by atoms with Gasteiger partial charge in [-0.2, -0.15) is 0 Å². The highest BCUT2D eigenvalue weighted by atomic mass is 79.9. The minimum Gasteiger partial charge on any atom is -0.496 e. The average molecular weight is 414 g/mol. The van der Waals surface area contributed by atoms with Crippen LogP contribution in [0.4, 0.5) is 0 Å². The molecule has 3 nitrogen and oxygen atoms in total. The summed E-state index contributed by atoms with van der Waals surface area (Å²) in [6.07, 6.45) is 0.362. The lowest BCUT2D eigenvalue weighted by Crippen LogP contribution is -2.15. The quantitative estimate of drug-likeness (QED) is 0.777. The van der Waals surface area contributed by atoms with E-state index in [9.17, 15) is 9.90 Å². The maximum Gasteiger partial charge on any atom is 0.311 e. The molecule has 0 aromatic heterocycles. The summed E-state index contributed by atoms with van der Waals surface area (Å²) in [6, 6.07) is 13.0. The fraction of sp³-hybridized carbons (Fsp3) is 0.188. The molecule has 2 aromatic rings. The van der Waals surface area contributed by atoms with Gasteiger partial charge in [0.2, 0.25) is 0 Å². The second-order valence-corrected chi connectivity index (χ2v) is 6.34. The summed E-state index contributed by atoms with van der Waals surface area (Å²) in [6.45, 7) is 0. The Labute approximate surface area is 140 Å². The molecule has 1 unspecified atom stereocenters. The number of ether oxygens (including phenoxy) is 1. The number of hydrogen-bond acceptors (Lipinski definition) is 2. The maximum atomic E-state index is 11.7. The van der Waals surface area contributed by atoms with Crippen molar-refractivity contribution in [3.63, 3.8) is 0 Å². The predicted molar refractivity (Wildman–Crippen MR) is 88.9 cm³/mol. The van der Waals surface area contributed by atoms with Gasteiger partial charge in [-0.05, 0) is 41.8 Å². The number of carbonyl (C=O) groups is 1. The Balaban J connectivity index is 2.40. The zero-order valence-corrected chi connectivity index (χ0v) is 14.5. The molecule has 2 rings (SSSR count). The van der Waals surface area contributed by atoms with Crippen molar-refractivity contribution in [2.45, 2.75) is 12.3 Å². The Kier molecular flexibility index (Phi) is 5.42. The molecular formula is C16H14Br2O3. The Morgan fingerprint density at radius 2 is 1.95 bits per heavy atom. The molecule has 0 saturated heterocycles. The smallest absolute Gasteiger partial charge is 0.311 e. The van der Waals surface area contributed by atoms with Gasteiger partial charge in [-0.15, -0.1) is 0 Å². The van der Waals surface area contributed by atoms with Crippen molar-refractivity contribution >= 4 is 37.8 Å². The van der Waals surface area contributed by atoms with Gasteiger partial charge in [0.1, 0.15) is 5.75 Å². The molecule has 0 aliphatic carbocycles. The van der Waals surface area contributed by atoms with Crippen molar-refractivity contribution in [2.24, 2.45) is 0 Å². The molecule has 0 aliphatic rings. The zero-order valence-electron chi connectivity index (χ0n) is 11.3. The second kappa shape index (κ2) is 7.09. The SMILES string of the molecule is COc1ccc(Br)cc1CC(C(=O)O)c1ccccc1Br. The largest absolute Gasteiger partial charge is 0.496 e. The van der Waals surface area contributed by atoms with Gasteiger partial charge in [0.25, 0.3) is 0 Å². The molecule has 1 N–H and O–H groups in total. The van der Waals surface area contributed by atoms with E-state index in [1.165, 1.54) is 0 Å². The van der Waals surface area contributed by atoms with E-state index in [0.717, 1.165) is 20.1 Å². The van der Waals surface area contributed by atoms with Crippen molar-refractivity contribution in [1.29, 1.82) is 0 Å². The van der Waals surface area contributed by atoms with E-state index in [2.05, 4.69) is 31.9 Å². The van der Waals surface area contributed by atoms with Crippen molar-refractivity contribution in [2.75, 3.05) is 7.11 Å². The molecule has 0 saturated carbocycles. The Bertz CT molecular complexity index is 656. The Hall–Kier alpha value is -1.33. The highest BCUT2D eigenvalue weighted by Crippen LogP contribution is 2.32. The molecule has 0 aliphatic heterocycles. The van der Waals surface area contributed by atoms with Gasteiger partial charge < -0.3 is 9.84 Å². The average Bonchev–Trinajstić information content (AvgIpc) is 2.45. The van der Waals surface area contributed by atoms with E-state index in [0.29, 0.717) is 12.2 Å². The lowest BCUT2D eigenvalue weighted by Gasteiger charge is -2.16. The van der Waals surface area contributed by atoms with Gasteiger partial charge in [0.15, 0.2) is 0 Å². The maximum absolute atomic E-state index is 11.7. The second-order valence-electron chi connectivity index (χ2n) is 4.57. The number of rotatable bonds is 5. The van der Waals surface area contributed by atoms with Gasteiger partial charge in [0, 0.05) is 8.95 Å². The highest BCUT2D eigenvalue weighted by molar-refractivity contribution is 9.10.